The zero-order valence-corrected chi connectivity index (χ0v) is 13.0. The molecule has 0 N–H and O–H groups in total. The molecule has 108 valence electrons. The maximum atomic E-state index is 5.42. The molecule has 0 fully saturated rings. The van der Waals surface area contributed by atoms with Crippen molar-refractivity contribution in [1.29, 1.82) is 0 Å². The lowest BCUT2D eigenvalue weighted by Gasteiger charge is -2.28. The van der Waals surface area contributed by atoms with Crippen molar-refractivity contribution < 1.29 is 9.47 Å². The van der Waals surface area contributed by atoms with E-state index in [9.17, 15) is 0 Å². The lowest BCUT2D eigenvalue weighted by Crippen LogP contribution is -2.23. The Bertz CT molecular complexity index is 421. The highest BCUT2D eigenvalue weighted by Gasteiger charge is 2.23. The molecule has 0 saturated heterocycles. The van der Waals surface area contributed by atoms with Crippen molar-refractivity contribution in [3.05, 3.63) is 23.3 Å². The van der Waals surface area contributed by atoms with E-state index in [0.717, 1.165) is 24.5 Å². The minimum atomic E-state index is 0. The number of ether oxygens (including phenoxy) is 2. The summed E-state index contributed by atoms with van der Waals surface area (Å²) >= 11 is 0. The third kappa shape index (κ3) is 3.54. The van der Waals surface area contributed by atoms with Crippen molar-refractivity contribution in [2.24, 2.45) is 0 Å². The summed E-state index contributed by atoms with van der Waals surface area (Å²) < 4.78 is 10.8. The molecule has 0 amide bonds. The molecule has 4 heteroatoms. The van der Waals surface area contributed by atoms with E-state index in [0.29, 0.717) is 5.92 Å². The second-order valence-electron chi connectivity index (χ2n) is 5.26. The zero-order valence-electron chi connectivity index (χ0n) is 12.2. The summed E-state index contributed by atoms with van der Waals surface area (Å²) in [7, 11) is 7.67. The van der Waals surface area contributed by atoms with E-state index < -0.39 is 0 Å². The monoisotopic (exact) mass is 285 g/mol. The van der Waals surface area contributed by atoms with Crippen molar-refractivity contribution in [1.82, 2.24) is 4.90 Å². The van der Waals surface area contributed by atoms with Crippen LogP contribution in [0.15, 0.2) is 12.1 Å². The molecule has 0 saturated carbocycles. The Kier molecular flexibility index (Phi) is 5.95. The lowest BCUT2D eigenvalue weighted by molar-refractivity contribution is 0.341. The highest BCUT2D eigenvalue weighted by molar-refractivity contribution is 5.85. The van der Waals surface area contributed by atoms with Gasteiger partial charge >= 0.3 is 0 Å². The number of rotatable bonds is 4. The highest BCUT2D eigenvalue weighted by atomic mass is 35.5. The van der Waals surface area contributed by atoms with Gasteiger partial charge in [-0.05, 0) is 62.5 Å². The minimum absolute atomic E-state index is 0. The predicted molar refractivity (Wildman–Crippen MR) is 81.0 cm³/mol. The third-order valence-electron chi connectivity index (χ3n) is 3.67. The van der Waals surface area contributed by atoms with Gasteiger partial charge in [-0.1, -0.05) is 0 Å². The average Bonchev–Trinajstić information content (AvgIpc) is 2.37. The van der Waals surface area contributed by atoms with Gasteiger partial charge in [0.1, 0.15) is 0 Å². The molecule has 1 atom stereocenters. The average molecular weight is 286 g/mol. The summed E-state index contributed by atoms with van der Waals surface area (Å²) in [5, 5.41) is 0. The Labute approximate surface area is 122 Å². The van der Waals surface area contributed by atoms with Gasteiger partial charge in [0.2, 0.25) is 0 Å². The Hall–Kier alpha value is -0.930. The number of hydrogen-bond acceptors (Lipinski definition) is 3. The van der Waals surface area contributed by atoms with Gasteiger partial charge in [-0.25, -0.2) is 0 Å². The standard InChI is InChI=1S/C15H23NO2.ClH/c1-16(2)10-12-7-5-6-11-8-14(17-3)15(18-4)9-13(11)12;/h8-9,12H,5-7,10H2,1-4H3;1H. The quantitative estimate of drug-likeness (QED) is 0.848. The SMILES string of the molecule is COc1cc2c(cc1OC)C(CN(C)C)CCC2.Cl. The molecule has 1 aromatic carbocycles. The molecule has 0 bridgehead atoms. The lowest BCUT2D eigenvalue weighted by atomic mass is 9.82. The fourth-order valence-corrected chi connectivity index (χ4v) is 2.86. The summed E-state index contributed by atoms with van der Waals surface area (Å²) in [4.78, 5) is 2.26. The van der Waals surface area contributed by atoms with Crippen LogP contribution in [0.1, 0.15) is 29.9 Å². The van der Waals surface area contributed by atoms with E-state index >= 15 is 0 Å². The van der Waals surface area contributed by atoms with Crippen LogP contribution in [0, 0.1) is 0 Å². The van der Waals surface area contributed by atoms with Crippen LogP contribution in [0.25, 0.3) is 0 Å². The van der Waals surface area contributed by atoms with Crippen LogP contribution in [0.3, 0.4) is 0 Å². The van der Waals surface area contributed by atoms with Gasteiger partial charge in [-0.3, -0.25) is 0 Å². The van der Waals surface area contributed by atoms with Gasteiger partial charge in [0.15, 0.2) is 11.5 Å². The van der Waals surface area contributed by atoms with E-state index in [1.807, 2.05) is 0 Å². The fourth-order valence-electron chi connectivity index (χ4n) is 2.86. The Morgan fingerprint density at radius 1 is 1.16 bits per heavy atom. The summed E-state index contributed by atoms with van der Waals surface area (Å²) in [6.45, 7) is 1.10. The maximum Gasteiger partial charge on any atom is 0.161 e. The number of hydrogen-bond donors (Lipinski definition) is 0. The number of likely N-dealkylation sites (N-methyl/N-ethyl adjacent to an activating group) is 1. The molecule has 0 heterocycles. The largest absolute Gasteiger partial charge is 0.493 e. The van der Waals surface area contributed by atoms with Gasteiger partial charge in [0.25, 0.3) is 0 Å². The van der Waals surface area contributed by atoms with Crippen LogP contribution < -0.4 is 9.47 Å². The summed E-state index contributed by atoms with van der Waals surface area (Å²) in [6.07, 6.45) is 3.68. The first kappa shape index (κ1) is 16.1. The van der Waals surface area contributed by atoms with Crippen molar-refractivity contribution >= 4 is 12.4 Å². The predicted octanol–water partition coefficient (Wildman–Crippen LogP) is 3.11. The molecule has 1 aliphatic carbocycles. The van der Waals surface area contributed by atoms with Crippen LogP contribution in [0.5, 0.6) is 11.5 Å². The van der Waals surface area contributed by atoms with Crippen molar-refractivity contribution in [2.75, 3.05) is 34.9 Å². The molecular formula is C15H24ClNO2. The zero-order chi connectivity index (χ0) is 13.1. The van der Waals surface area contributed by atoms with E-state index in [1.165, 1.54) is 24.0 Å². The third-order valence-corrected chi connectivity index (χ3v) is 3.67. The van der Waals surface area contributed by atoms with Gasteiger partial charge < -0.3 is 14.4 Å². The van der Waals surface area contributed by atoms with Crippen molar-refractivity contribution in [2.45, 2.75) is 25.2 Å². The van der Waals surface area contributed by atoms with Crippen molar-refractivity contribution in [3.8, 4) is 11.5 Å². The summed E-state index contributed by atoms with van der Waals surface area (Å²) in [5.74, 6) is 2.31. The molecule has 1 aliphatic rings. The first-order valence-electron chi connectivity index (χ1n) is 6.55. The summed E-state index contributed by atoms with van der Waals surface area (Å²) in [5.41, 5.74) is 2.86. The molecule has 0 spiro atoms. The molecule has 0 aromatic heterocycles. The normalized spacial score (nSPS) is 17.6. The number of nitrogens with zero attached hydrogens (tertiary/aromatic N) is 1. The second-order valence-corrected chi connectivity index (χ2v) is 5.26. The maximum absolute atomic E-state index is 5.42. The van der Waals surface area contributed by atoms with Crippen LogP contribution >= 0.6 is 12.4 Å². The fraction of sp³-hybridized carbons (Fsp3) is 0.600. The second kappa shape index (κ2) is 7.01. The molecule has 3 nitrogen and oxygen atoms in total. The van der Waals surface area contributed by atoms with Crippen LogP contribution in [-0.4, -0.2) is 39.8 Å². The minimum Gasteiger partial charge on any atom is -0.493 e. The molecule has 1 unspecified atom stereocenters. The highest BCUT2D eigenvalue weighted by Crippen LogP contribution is 2.39. The Balaban J connectivity index is 0.00000180. The Morgan fingerprint density at radius 3 is 2.37 bits per heavy atom. The van der Waals surface area contributed by atoms with Crippen molar-refractivity contribution in [3.63, 3.8) is 0 Å². The molecule has 0 aliphatic heterocycles. The first-order valence-corrected chi connectivity index (χ1v) is 6.55. The van der Waals surface area contributed by atoms with Gasteiger partial charge in [-0.2, -0.15) is 0 Å². The van der Waals surface area contributed by atoms with Crippen LogP contribution in [0.2, 0.25) is 0 Å². The van der Waals surface area contributed by atoms with Crippen LogP contribution in [-0.2, 0) is 6.42 Å². The van der Waals surface area contributed by atoms with E-state index in [-0.39, 0.29) is 12.4 Å². The number of halogens is 1. The van der Waals surface area contributed by atoms with Gasteiger partial charge in [0.05, 0.1) is 14.2 Å². The number of benzene rings is 1. The molecular weight excluding hydrogens is 262 g/mol. The number of aryl methyl sites for hydroxylation is 1. The number of methoxy groups -OCH3 is 2. The Morgan fingerprint density at radius 2 is 1.79 bits per heavy atom. The smallest absolute Gasteiger partial charge is 0.161 e. The van der Waals surface area contributed by atoms with E-state index in [4.69, 9.17) is 9.47 Å². The first-order chi connectivity index (χ1) is 8.65. The van der Waals surface area contributed by atoms with E-state index in [1.54, 1.807) is 14.2 Å². The topological polar surface area (TPSA) is 21.7 Å². The molecule has 1 aromatic rings. The van der Waals surface area contributed by atoms with Crippen LogP contribution in [0.4, 0.5) is 0 Å². The number of fused-ring (bicyclic) bond motifs is 1. The molecule has 2 rings (SSSR count). The molecule has 19 heavy (non-hydrogen) atoms. The van der Waals surface area contributed by atoms with Gasteiger partial charge in [0, 0.05) is 6.54 Å². The molecule has 0 radical (unpaired) electrons. The summed E-state index contributed by atoms with van der Waals surface area (Å²) in [6, 6.07) is 4.32. The van der Waals surface area contributed by atoms with E-state index in [2.05, 4.69) is 31.1 Å². The van der Waals surface area contributed by atoms with Gasteiger partial charge in [-0.15, -0.1) is 12.4 Å².